The third kappa shape index (κ3) is 8.08. The third-order valence-electron chi connectivity index (χ3n) is 4.66. The number of hydrogen-bond acceptors (Lipinski definition) is 5. The number of nitrogens with zero attached hydrogens (tertiary/aromatic N) is 1. The summed E-state index contributed by atoms with van der Waals surface area (Å²) in [6, 6.07) is 14.7. The maximum absolute atomic E-state index is 12.1. The third-order valence-corrected chi connectivity index (χ3v) is 4.89. The molecule has 0 radical (unpaired) electrons. The number of aromatic nitrogens is 1. The number of pyridine rings is 1. The average molecular weight is 481 g/mol. The highest BCUT2D eigenvalue weighted by atomic mass is 35.5. The summed E-state index contributed by atoms with van der Waals surface area (Å²) >= 11 is 6.03. The molecule has 1 aromatic heterocycles. The molecular weight excluding hydrogens is 452 g/mol. The largest absolute Gasteiger partial charge is 0.444 e. The molecule has 0 bridgehead atoms. The van der Waals surface area contributed by atoms with Gasteiger partial charge < -0.3 is 15.4 Å². The number of fused-ring (bicyclic) bond motifs is 1. The van der Waals surface area contributed by atoms with E-state index in [1.54, 1.807) is 24.4 Å². The van der Waals surface area contributed by atoms with E-state index in [4.69, 9.17) is 16.3 Å². The van der Waals surface area contributed by atoms with Gasteiger partial charge in [0.25, 0.3) is 0 Å². The highest BCUT2D eigenvalue weighted by molar-refractivity contribution is 6.31. The van der Waals surface area contributed by atoms with Crippen LogP contribution in [0.4, 0.5) is 16.2 Å². The van der Waals surface area contributed by atoms with Crippen LogP contribution in [0, 0.1) is 0 Å². The van der Waals surface area contributed by atoms with Crippen LogP contribution in [0.1, 0.15) is 32.8 Å². The molecular formula is C26H29ClN4O3. The summed E-state index contributed by atoms with van der Waals surface area (Å²) in [5.74, 6) is -0.167. The van der Waals surface area contributed by atoms with E-state index in [0.29, 0.717) is 23.8 Å². The number of nitrogens with one attached hydrogen (secondary N) is 3. The Morgan fingerprint density at radius 1 is 1.06 bits per heavy atom. The molecule has 0 aliphatic heterocycles. The zero-order valence-corrected chi connectivity index (χ0v) is 20.3. The second-order valence-corrected chi connectivity index (χ2v) is 9.11. The second kappa shape index (κ2) is 11.5. The van der Waals surface area contributed by atoms with Crippen LogP contribution < -0.4 is 16.0 Å². The molecule has 0 saturated heterocycles. The number of anilines is 2. The number of rotatable bonds is 8. The van der Waals surface area contributed by atoms with Crippen LogP contribution in [0.25, 0.3) is 17.0 Å². The molecule has 0 fully saturated rings. The Balaban J connectivity index is 1.39. The van der Waals surface area contributed by atoms with Gasteiger partial charge in [-0.3, -0.25) is 15.1 Å². The van der Waals surface area contributed by atoms with Gasteiger partial charge in [0.05, 0.1) is 5.52 Å². The molecule has 0 spiro atoms. The highest BCUT2D eigenvalue weighted by Crippen LogP contribution is 2.24. The van der Waals surface area contributed by atoms with E-state index < -0.39 is 11.7 Å². The van der Waals surface area contributed by atoms with Gasteiger partial charge >= 0.3 is 6.09 Å². The molecule has 0 unspecified atom stereocenters. The van der Waals surface area contributed by atoms with Gasteiger partial charge in [-0.1, -0.05) is 23.7 Å². The molecule has 0 saturated carbocycles. The van der Waals surface area contributed by atoms with E-state index in [2.05, 4.69) is 20.9 Å². The lowest BCUT2D eigenvalue weighted by atomic mass is 10.2. The van der Waals surface area contributed by atoms with E-state index in [9.17, 15) is 9.59 Å². The van der Waals surface area contributed by atoms with E-state index >= 15 is 0 Å². The molecule has 34 heavy (non-hydrogen) atoms. The fourth-order valence-corrected chi connectivity index (χ4v) is 3.29. The summed E-state index contributed by atoms with van der Waals surface area (Å²) in [6.45, 7) is 6.67. The molecule has 2 amide bonds. The van der Waals surface area contributed by atoms with Crippen LogP contribution in [0.15, 0.2) is 60.8 Å². The van der Waals surface area contributed by atoms with Crippen LogP contribution >= 0.6 is 11.6 Å². The van der Waals surface area contributed by atoms with Crippen molar-refractivity contribution in [1.29, 1.82) is 0 Å². The van der Waals surface area contributed by atoms with Crippen molar-refractivity contribution in [3.05, 3.63) is 71.4 Å². The summed E-state index contributed by atoms with van der Waals surface area (Å²) < 4.78 is 5.22. The first-order valence-electron chi connectivity index (χ1n) is 11.0. The van der Waals surface area contributed by atoms with Crippen LogP contribution in [0.5, 0.6) is 0 Å². The summed E-state index contributed by atoms with van der Waals surface area (Å²) in [7, 11) is 0. The van der Waals surface area contributed by atoms with Crippen molar-refractivity contribution < 1.29 is 14.3 Å². The Morgan fingerprint density at radius 2 is 1.82 bits per heavy atom. The quantitative estimate of drug-likeness (QED) is 0.277. The predicted molar refractivity (Wildman–Crippen MR) is 138 cm³/mol. The van der Waals surface area contributed by atoms with Gasteiger partial charge in [-0.25, -0.2) is 4.79 Å². The normalized spacial score (nSPS) is 11.4. The number of carbonyl (C=O) groups excluding carboxylic acids is 2. The fraction of sp³-hybridized carbons (Fsp3) is 0.269. The summed E-state index contributed by atoms with van der Waals surface area (Å²) in [5.41, 5.74) is 2.73. The fourth-order valence-electron chi connectivity index (χ4n) is 3.13. The number of carbonyl (C=O) groups is 2. The molecule has 3 rings (SSSR count). The topological polar surface area (TPSA) is 92.3 Å². The lowest BCUT2D eigenvalue weighted by molar-refractivity contribution is -0.116. The standard InChI is InChI=1S/C26H29ClN4O3/c1-26(2,3)34-25(33)31-20-9-5-18(6-10-20)7-12-24(32)30-15-4-14-28-22-13-16-29-23-17-19(27)8-11-21(22)23/h5-13,16-17H,4,14-15H2,1-3H3,(H,28,29)(H,30,32)(H,31,33)/b12-7+. The molecule has 0 atom stereocenters. The number of halogens is 1. The monoisotopic (exact) mass is 480 g/mol. The van der Waals surface area contributed by atoms with Crippen LogP contribution in [-0.2, 0) is 9.53 Å². The van der Waals surface area contributed by atoms with Gasteiger partial charge in [-0.15, -0.1) is 0 Å². The number of amides is 2. The van der Waals surface area contributed by atoms with Crippen molar-refractivity contribution >= 4 is 52.0 Å². The van der Waals surface area contributed by atoms with Crippen molar-refractivity contribution in [2.45, 2.75) is 32.8 Å². The SMILES string of the molecule is CC(C)(C)OC(=O)Nc1ccc(/C=C/C(=O)NCCCNc2ccnc3cc(Cl)ccc23)cc1. The van der Waals surface area contributed by atoms with Crippen LogP contribution in [0.3, 0.4) is 0 Å². The number of benzene rings is 2. The molecule has 1 heterocycles. The molecule has 3 aromatic rings. The van der Waals surface area contributed by atoms with Crippen molar-refractivity contribution in [3.63, 3.8) is 0 Å². The zero-order chi connectivity index (χ0) is 24.6. The highest BCUT2D eigenvalue weighted by Gasteiger charge is 2.16. The Bertz CT molecular complexity index is 1170. The summed E-state index contributed by atoms with van der Waals surface area (Å²) in [6.07, 6.45) is 5.21. The van der Waals surface area contributed by atoms with Crippen molar-refractivity contribution in [1.82, 2.24) is 10.3 Å². The van der Waals surface area contributed by atoms with Gasteiger partial charge in [0.15, 0.2) is 0 Å². The Morgan fingerprint density at radius 3 is 2.56 bits per heavy atom. The minimum atomic E-state index is -0.557. The average Bonchev–Trinajstić information content (AvgIpc) is 2.77. The van der Waals surface area contributed by atoms with Crippen molar-refractivity contribution in [2.75, 3.05) is 23.7 Å². The lowest BCUT2D eigenvalue weighted by Gasteiger charge is -2.19. The molecule has 7 nitrogen and oxygen atoms in total. The molecule has 178 valence electrons. The van der Waals surface area contributed by atoms with Gasteiger partial charge in [-0.2, -0.15) is 0 Å². The minimum absolute atomic E-state index is 0.167. The first-order valence-corrected chi connectivity index (χ1v) is 11.4. The van der Waals surface area contributed by atoms with Crippen LogP contribution in [0.2, 0.25) is 5.02 Å². The van der Waals surface area contributed by atoms with Crippen molar-refractivity contribution in [2.24, 2.45) is 0 Å². The minimum Gasteiger partial charge on any atom is -0.444 e. The van der Waals surface area contributed by atoms with Gasteiger partial charge in [0, 0.05) is 47.1 Å². The molecule has 3 N–H and O–H groups in total. The van der Waals surface area contributed by atoms with E-state index in [-0.39, 0.29) is 5.91 Å². The van der Waals surface area contributed by atoms with E-state index in [1.165, 1.54) is 6.08 Å². The lowest BCUT2D eigenvalue weighted by Crippen LogP contribution is -2.27. The Kier molecular flexibility index (Phi) is 8.49. The van der Waals surface area contributed by atoms with Crippen molar-refractivity contribution in [3.8, 4) is 0 Å². The Hall–Kier alpha value is -3.58. The maximum atomic E-state index is 12.1. The molecule has 0 aliphatic carbocycles. The summed E-state index contributed by atoms with van der Waals surface area (Å²) in [5, 5.41) is 10.6. The van der Waals surface area contributed by atoms with Gasteiger partial charge in [0.1, 0.15) is 5.60 Å². The number of hydrogen-bond donors (Lipinski definition) is 3. The first kappa shape index (κ1) is 25.1. The zero-order valence-electron chi connectivity index (χ0n) is 19.5. The molecule has 2 aromatic carbocycles. The van der Waals surface area contributed by atoms with Crippen LogP contribution in [-0.4, -0.2) is 35.7 Å². The molecule has 0 aliphatic rings. The molecule has 8 heteroatoms. The first-order chi connectivity index (χ1) is 16.2. The Labute approximate surface area is 204 Å². The second-order valence-electron chi connectivity index (χ2n) is 8.67. The van der Waals surface area contributed by atoms with E-state index in [0.717, 1.165) is 28.6 Å². The predicted octanol–water partition coefficient (Wildman–Crippen LogP) is 5.87. The smallest absolute Gasteiger partial charge is 0.412 e. The van der Waals surface area contributed by atoms with E-state index in [1.807, 2.05) is 57.2 Å². The number of ether oxygens (including phenoxy) is 1. The van der Waals surface area contributed by atoms with Gasteiger partial charge in [0.2, 0.25) is 5.91 Å². The van der Waals surface area contributed by atoms with Gasteiger partial charge in [-0.05, 0) is 75.2 Å². The summed E-state index contributed by atoms with van der Waals surface area (Å²) in [4.78, 5) is 28.2. The maximum Gasteiger partial charge on any atom is 0.412 e.